The van der Waals surface area contributed by atoms with E-state index in [1.54, 1.807) is 37.3 Å². The van der Waals surface area contributed by atoms with E-state index in [4.69, 9.17) is 4.74 Å². The molecule has 0 heterocycles. The summed E-state index contributed by atoms with van der Waals surface area (Å²) in [6.07, 6.45) is -0.540. The molecule has 0 aromatic heterocycles. The molecule has 2 aromatic carbocycles. The molecule has 0 saturated carbocycles. The molecule has 21 heavy (non-hydrogen) atoms. The molecule has 0 aliphatic rings. The van der Waals surface area contributed by atoms with Gasteiger partial charge in [0.15, 0.2) is 5.75 Å². The number of aliphatic hydroxyl groups excluding tert-OH is 1. The molecular formula is C16H16BrNO3. The number of carbonyl (C=O) groups excluding carboxylic acids is 1. The van der Waals surface area contributed by atoms with Gasteiger partial charge in [0.25, 0.3) is 0 Å². The van der Waals surface area contributed by atoms with Crippen LogP contribution < -0.4 is 10.1 Å². The van der Waals surface area contributed by atoms with Crippen LogP contribution >= 0.6 is 15.9 Å². The third-order valence-corrected chi connectivity index (χ3v) is 3.48. The standard InChI is InChI=1S/C16H16BrNO3/c1-10(19)12-7-8-15(13(17)9-12)21-16-6-4-3-5-14(16)18-11(2)20/h3-10,19H,1-2H3,(H,18,20). The number of aliphatic hydroxyl groups is 1. The van der Waals surface area contributed by atoms with Gasteiger partial charge in [-0.1, -0.05) is 18.2 Å². The maximum absolute atomic E-state index is 11.2. The van der Waals surface area contributed by atoms with E-state index in [0.717, 1.165) is 10.0 Å². The fraction of sp³-hybridized carbons (Fsp3) is 0.188. The van der Waals surface area contributed by atoms with E-state index >= 15 is 0 Å². The van der Waals surface area contributed by atoms with Crippen molar-refractivity contribution < 1.29 is 14.6 Å². The van der Waals surface area contributed by atoms with Gasteiger partial charge in [0.05, 0.1) is 16.3 Å². The highest BCUT2D eigenvalue weighted by Crippen LogP contribution is 2.35. The molecule has 0 aliphatic heterocycles. The predicted molar refractivity (Wildman–Crippen MR) is 85.6 cm³/mol. The first-order valence-electron chi connectivity index (χ1n) is 6.49. The van der Waals surface area contributed by atoms with E-state index in [1.165, 1.54) is 6.92 Å². The van der Waals surface area contributed by atoms with Gasteiger partial charge in [0.2, 0.25) is 5.91 Å². The van der Waals surface area contributed by atoms with Crippen molar-refractivity contribution in [3.05, 3.63) is 52.5 Å². The maximum Gasteiger partial charge on any atom is 0.221 e. The number of hydrogen-bond acceptors (Lipinski definition) is 3. The molecule has 0 bridgehead atoms. The Morgan fingerprint density at radius 1 is 1.24 bits per heavy atom. The lowest BCUT2D eigenvalue weighted by Gasteiger charge is -2.13. The molecular weight excluding hydrogens is 334 g/mol. The van der Waals surface area contributed by atoms with Crippen LogP contribution in [0.4, 0.5) is 5.69 Å². The molecule has 0 fully saturated rings. The summed E-state index contributed by atoms with van der Waals surface area (Å²) in [5.74, 6) is 1.00. The van der Waals surface area contributed by atoms with E-state index in [-0.39, 0.29) is 5.91 Å². The fourth-order valence-corrected chi connectivity index (χ4v) is 2.30. The SMILES string of the molecule is CC(=O)Nc1ccccc1Oc1ccc(C(C)O)cc1Br. The predicted octanol–water partition coefficient (Wildman–Crippen LogP) is 4.25. The Bertz CT molecular complexity index is 656. The molecule has 5 heteroatoms. The zero-order chi connectivity index (χ0) is 15.4. The summed E-state index contributed by atoms with van der Waals surface area (Å²) in [4.78, 5) is 11.2. The van der Waals surface area contributed by atoms with Gasteiger partial charge in [0.1, 0.15) is 5.75 Å². The van der Waals surface area contributed by atoms with Gasteiger partial charge in [-0.05, 0) is 52.7 Å². The smallest absolute Gasteiger partial charge is 0.221 e. The van der Waals surface area contributed by atoms with Crippen molar-refractivity contribution >= 4 is 27.5 Å². The number of hydrogen-bond donors (Lipinski definition) is 2. The summed E-state index contributed by atoms with van der Waals surface area (Å²) in [6, 6.07) is 12.6. The average Bonchev–Trinajstić information content (AvgIpc) is 2.42. The molecule has 0 spiro atoms. The number of halogens is 1. The van der Waals surface area contributed by atoms with Crippen molar-refractivity contribution in [2.75, 3.05) is 5.32 Å². The Hall–Kier alpha value is -1.85. The van der Waals surface area contributed by atoms with Crippen LogP contribution in [-0.2, 0) is 4.79 Å². The first kappa shape index (κ1) is 15.5. The van der Waals surface area contributed by atoms with Crippen LogP contribution in [0.25, 0.3) is 0 Å². The van der Waals surface area contributed by atoms with Crippen molar-refractivity contribution in [2.45, 2.75) is 20.0 Å². The molecule has 1 amide bonds. The molecule has 0 aliphatic carbocycles. The molecule has 110 valence electrons. The zero-order valence-electron chi connectivity index (χ0n) is 11.8. The highest BCUT2D eigenvalue weighted by atomic mass is 79.9. The van der Waals surface area contributed by atoms with Crippen LogP contribution in [0.15, 0.2) is 46.9 Å². The van der Waals surface area contributed by atoms with Gasteiger partial charge in [-0.15, -0.1) is 0 Å². The van der Waals surface area contributed by atoms with E-state index in [1.807, 2.05) is 12.1 Å². The number of amides is 1. The summed E-state index contributed by atoms with van der Waals surface area (Å²) in [5, 5.41) is 12.3. The van der Waals surface area contributed by atoms with Crippen LogP contribution in [0.2, 0.25) is 0 Å². The lowest BCUT2D eigenvalue weighted by atomic mass is 10.1. The molecule has 0 radical (unpaired) electrons. The maximum atomic E-state index is 11.2. The minimum absolute atomic E-state index is 0.158. The summed E-state index contributed by atoms with van der Waals surface area (Å²) in [7, 11) is 0. The quantitative estimate of drug-likeness (QED) is 0.867. The van der Waals surface area contributed by atoms with E-state index < -0.39 is 6.10 Å². The summed E-state index contributed by atoms with van der Waals surface area (Å²) >= 11 is 3.42. The second-order valence-electron chi connectivity index (χ2n) is 4.65. The number of benzene rings is 2. The highest BCUT2D eigenvalue weighted by Gasteiger charge is 2.10. The Morgan fingerprint density at radius 3 is 2.57 bits per heavy atom. The Labute approximate surface area is 131 Å². The molecule has 0 saturated heterocycles. The second-order valence-corrected chi connectivity index (χ2v) is 5.50. The normalized spacial score (nSPS) is 11.8. The zero-order valence-corrected chi connectivity index (χ0v) is 13.3. The van der Waals surface area contributed by atoms with Gasteiger partial charge in [-0.25, -0.2) is 0 Å². The molecule has 2 aromatic rings. The number of para-hydroxylation sites is 2. The van der Waals surface area contributed by atoms with Crippen molar-refractivity contribution in [1.29, 1.82) is 0 Å². The first-order valence-corrected chi connectivity index (χ1v) is 7.28. The lowest BCUT2D eigenvalue weighted by Crippen LogP contribution is -2.06. The van der Waals surface area contributed by atoms with E-state index in [0.29, 0.717) is 17.2 Å². The van der Waals surface area contributed by atoms with Crippen LogP contribution in [0, 0.1) is 0 Å². The fourth-order valence-electron chi connectivity index (χ4n) is 1.83. The van der Waals surface area contributed by atoms with Crippen molar-refractivity contribution in [2.24, 2.45) is 0 Å². The van der Waals surface area contributed by atoms with Gasteiger partial charge in [-0.3, -0.25) is 4.79 Å². The van der Waals surface area contributed by atoms with E-state index in [9.17, 15) is 9.90 Å². The Balaban J connectivity index is 2.28. The third-order valence-electron chi connectivity index (χ3n) is 2.86. The largest absolute Gasteiger partial charge is 0.454 e. The van der Waals surface area contributed by atoms with Gasteiger partial charge < -0.3 is 15.2 Å². The molecule has 2 rings (SSSR count). The average molecular weight is 350 g/mol. The topological polar surface area (TPSA) is 58.6 Å². The van der Waals surface area contributed by atoms with Gasteiger partial charge in [-0.2, -0.15) is 0 Å². The second kappa shape index (κ2) is 6.74. The third kappa shape index (κ3) is 4.06. The number of nitrogens with one attached hydrogen (secondary N) is 1. The van der Waals surface area contributed by atoms with Gasteiger partial charge in [0, 0.05) is 6.92 Å². The van der Waals surface area contributed by atoms with Crippen LogP contribution in [0.3, 0.4) is 0 Å². The number of carbonyl (C=O) groups is 1. The number of ether oxygens (including phenoxy) is 1. The van der Waals surface area contributed by atoms with Gasteiger partial charge >= 0.3 is 0 Å². The minimum atomic E-state index is -0.540. The Kier molecular flexibility index (Phi) is 4.98. The van der Waals surface area contributed by atoms with Crippen LogP contribution in [0.5, 0.6) is 11.5 Å². The summed E-state index contributed by atoms with van der Waals surface area (Å²) < 4.78 is 6.57. The monoisotopic (exact) mass is 349 g/mol. The molecule has 1 atom stereocenters. The first-order chi connectivity index (χ1) is 9.97. The van der Waals surface area contributed by atoms with Crippen molar-refractivity contribution in [3.8, 4) is 11.5 Å². The van der Waals surface area contributed by atoms with Crippen LogP contribution in [-0.4, -0.2) is 11.0 Å². The summed E-state index contributed by atoms with van der Waals surface area (Å²) in [5.41, 5.74) is 1.40. The molecule has 4 nitrogen and oxygen atoms in total. The minimum Gasteiger partial charge on any atom is -0.454 e. The molecule has 2 N–H and O–H groups in total. The van der Waals surface area contributed by atoms with Crippen molar-refractivity contribution in [1.82, 2.24) is 0 Å². The molecule has 1 unspecified atom stereocenters. The Morgan fingerprint density at radius 2 is 1.95 bits per heavy atom. The highest BCUT2D eigenvalue weighted by molar-refractivity contribution is 9.10. The summed E-state index contributed by atoms with van der Waals surface area (Å²) in [6.45, 7) is 3.15. The van der Waals surface area contributed by atoms with E-state index in [2.05, 4.69) is 21.2 Å². The lowest BCUT2D eigenvalue weighted by molar-refractivity contribution is -0.114. The van der Waals surface area contributed by atoms with Crippen molar-refractivity contribution in [3.63, 3.8) is 0 Å². The van der Waals surface area contributed by atoms with Crippen LogP contribution in [0.1, 0.15) is 25.5 Å². The number of anilines is 1. The number of rotatable bonds is 4.